The van der Waals surface area contributed by atoms with Gasteiger partial charge < -0.3 is 14.8 Å². The molecule has 1 saturated carbocycles. The minimum absolute atomic E-state index is 0.00525. The topological polar surface area (TPSA) is 65.4 Å². The number of ether oxygens (including phenoxy) is 2. The summed E-state index contributed by atoms with van der Waals surface area (Å²) in [5.74, 6) is 0.711. The lowest BCUT2D eigenvalue weighted by Gasteiger charge is -2.32. The van der Waals surface area contributed by atoms with E-state index in [1.165, 1.54) is 12.8 Å². The van der Waals surface area contributed by atoms with Crippen LogP contribution in [0, 0.1) is 19.8 Å². The molecule has 1 aliphatic carbocycles. The molecule has 1 amide bonds. The van der Waals surface area contributed by atoms with Crippen LogP contribution in [0.25, 0.3) is 5.69 Å². The average molecular weight is 383 g/mol. The molecule has 2 fully saturated rings. The van der Waals surface area contributed by atoms with Gasteiger partial charge in [0, 0.05) is 24.5 Å². The molecule has 4 rings (SSSR count). The first-order chi connectivity index (χ1) is 13.6. The van der Waals surface area contributed by atoms with Crippen molar-refractivity contribution < 1.29 is 14.3 Å². The second-order valence-electron chi connectivity index (χ2n) is 7.93. The van der Waals surface area contributed by atoms with Crippen molar-refractivity contribution in [3.8, 4) is 5.69 Å². The van der Waals surface area contributed by atoms with Crippen LogP contribution in [-0.4, -0.2) is 47.7 Å². The molecular weight excluding hydrogens is 354 g/mol. The zero-order chi connectivity index (χ0) is 19.5. The minimum Gasteiger partial charge on any atom is -0.379 e. The molecule has 2 aliphatic rings. The predicted molar refractivity (Wildman–Crippen MR) is 107 cm³/mol. The quantitative estimate of drug-likeness (QED) is 0.798. The molecule has 1 aromatic heterocycles. The fourth-order valence-electron chi connectivity index (χ4n) is 3.77. The van der Waals surface area contributed by atoms with Crippen LogP contribution in [0.3, 0.4) is 0 Å². The summed E-state index contributed by atoms with van der Waals surface area (Å²) in [5.41, 5.74) is 3.87. The van der Waals surface area contributed by atoms with Crippen LogP contribution in [0.2, 0.25) is 0 Å². The van der Waals surface area contributed by atoms with E-state index in [-0.39, 0.29) is 18.1 Å². The first-order valence-corrected chi connectivity index (χ1v) is 10.2. The van der Waals surface area contributed by atoms with Crippen LogP contribution in [0.1, 0.15) is 36.2 Å². The third kappa shape index (κ3) is 4.45. The van der Waals surface area contributed by atoms with E-state index in [2.05, 4.69) is 10.4 Å². The lowest BCUT2D eigenvalue weighted by atomic mass is 10.0. The maximum Gasteiger partial charge on any atom is 0.224 e. The number of para-hydroxylation sites is 1. The van der Waals surface area contributed by atoms with Gasteiger partial charge in [0.1, 0.15) is 0 Å². The summed E-state index contributed by atoms with van der Waals surface area (Å²) >= 11 is 0. The maximum absolute atomic E-state index is 12.8. The molecule has 1 aromatic carbocycles. The Kier molecular flexibility index (Phi) is 5.78. The Morgan fingerprint density at radius 1 is 1.25 bits per heavy atom. The van der Waals surface area contributed by atoms with Crippen molar-refractivity contribution in [1.82, 2.24) is 15.1 Å². The van der Waals surface area contributed by atoms with E-state index in [9.17, 15) is 4.79 Å². The SMILES string of the molecule is Cc1nn(-c2ccccc2)c(C)c1CC(=O)N[C@@H]1COCC[C@@H]1OCC1CC1. The van der Waals surface area contributed by atoms with Gasteiger partial charge in [-0.05, 0) is 51.2 Å². The Bertz CT molecular complexity index is 814. The van der Waals surface area contributed by atoms with Crippen molar-refractivity contribution in [3.63, 3.8) is 0 Å². The molecule has 0 unspecified atom stereocenters. The number of carbonyl (C=O) groups is 1. The third-order valence-electron chi connectivity index (χ3n) is 5.66. The van der Waals surface area contributed by atoms with Gasteiger partial charge >= 0.3 is 0 Å². The molecule has 0 radical (unpaired) electrons. The summed E-state index contributed by atoms with van der Waals surface area (Å²) in [7, 11) is 0. The number of nitrogens with zero attached hydrogens (tertiary/aromatic N) is 2. The first kappa shape index (κ1) is 19.2. The van der Waals surface area contributed by atoms with Crippen LogP contribution >= 0.6 is 0 Å². The smallest absolute Gasteiger partial charge is 0.224 e. The zero-order valence-corrected chi connectivity index (χ0v) is 16.7. The van der Waals surface area contributed by atoms with E-state index in [0.717, 1.165) is 35.7 Å². The highest BCUT2D eigenvalue weighted by atomic mass is 16.5. The minimum atomic E-state index is -0.0789. The van der Waals surface area contributed by atoms with Crippen LogP contribution in [0.5, 0.6) is 0 Å². The summed E-state index contributed by atoms with van der Waals surface area (Å²) < 4.78 is 13.6. The number of aromatic nitrogens is 2. The van der Waals surface area contributed by atoms with Gasteiger partial charge in [0.25, 0.3) is 0 Å². The van der Waals surface area contributed by atoms with Crippen molar-refractivity contribution in [2.24, 2.45) is 5.92 Å². The molecule has 1 aliphatic heterocycles. The molecule has 6 nitrogen and oxygen atoms in total. The van der Waals surface area contributed by atoms with Gasteiger partial charge in [-0.1, -0.05) is 18.2 Å². The largest absolute Gasteiger partial charge is 0.379 e. The van der Waals surface area contributed by atoms with E-state index in [0.29, 0.717) is 25.6 Å². The number of nitrogens with one attached hydrogen (secondary N) is 1. The summed E-state index contributed by atoms with van der Waals surface area (Å²) in [4.78, 5) is 12.8. The Labute approximate surface area is 166 Å². The lowest BCUT2D eigenvalue weighted by molar-refractivity contribution is -0.125. The molecule has 1 saturated heterocycles. The van der Waals surface area contributed by atoms with E-state index in [4.69, 9.17) is 9.47 Å². The molecule has 0 spiro atoms. The highest BCUT2D eigenvalue weighted by Crippen LogP contribution is 2.30. The number of hydrogen-bond donors (Lipinski definition) is 1. The molecule has 2 atom stereocenters. The normalized spacial score (nSPS) is 22.2. The number of carbonyl (C=O) groups excluding carboxylic acids is 1. The van der Waals surface area contributed by atoms with Gasteiger partial charge in [0.15, 0.2) is 0 Å². The van der Waals surface area contributed by atoms with Gasteiger partial charge in [-0.15, -0.1) is 0 Å². The summed E-state index contributed by atoms with van der Waals surface area (Å²) in [6.07, 6.45) is 3.74. The van der Waals surface area contributed by atoms with E-state index in [1.54, 1.807) is 0 Å². The fraction of sp³-hybridized carbons (Fsp3) is 0.545. The van der Waals surface area contributed by atoms with Crippen molar-refractivity contribution in [2.75, 3.05) is 19.8 Å². The second-order valence-corrected chi connectivity index (χ2v) is 7.93. The maximum atomic E-state index is 12.8. The fourth-order valence-corrected chi connectivity index (χ4v) is 3.77. The van der Waals surface area contributed by atoms with Crippen molar-refractivity contribution >= 4 is 5.91 Å². The second kappa shape index (κ2) is 8.45. The summed E-state index contributed by atoms with van der Waals surface area (Å²) in [6, 6.07) is 9.92. The summed E-state index contributed by atoms with van der Waals surface area (Å²) in [6.45, 7) is 5.99. The predicted octanol–water partition coefficient (Wildman–Crippen LogP) is 2.73. The van der Waals surface area contributed by atoms with Crippen LogP contribution < -0.4 is 5.32 Å². The van der Waals surface area contributed by atoms with Crippen molar-refractivity contribution in [3.05, 3.63) is 47.3 Å². The Morgan fingerprint density at radius 3 is 2.79 bits per heavy atom. The van der Waals surface area contributed by atoms with E-state index >= 15 is 0 Å². The number of benzene rings is 1. The van der Waals surface area contributed by atoms with Crippen molar-refractivity contribution in [1.29, 1.82) is 0 Å². The number of aryl methyl sites for hydroxylation is 1. The van der Waals surface area contributed by atoms with Crippen LogP contribution in [0.15, 0.2) is 30.3 Å². The van der Waals surface area contributed by atoms with Crippen LogP contribution in [-0.2, 0) is 20.7 Å². The Morgan fingerprint density at radius 2 is 2.04 bits per heavy atom. The molecule has 28 heavy (non-hydrogen) atoms. The average Bonchev–Trinajstić information content (AvgIpc) is 3.50. The Balaban J connectivity index is 1.41. The summed E-state index contributed by atoms with van der Waals surface area (Å²) in [5, 5.41) is 7.78. The van der Waals surface area contributed by atoms with Gasteiger partial charge in [-0.3, -0.25) is 4.79 Å². The highest BCUT2D eigenvalue weighted by Gasteiger charge is 2.31. The Hall–Kier alpha value is -2.18. The van der Waals surface area contributed by atoms with Crippen LogP contribution in [0.4, 0.5) is 0 Å². The third-order valence-corrected chi connectivity index (χ3v) is 5.66. The molecule has 1 N–H and O–H groups in total. The number of amides is 1. The lowest BCUT2D eigenvalue weighted by Crippen LogP contribution is -2.51. The zero-order valence-electron chi connectivity index (χ0n) is 16.7. The van der Waals surface area contributed by atoms with Crippen molar-refractivity contribution in [2.45, 2.75) is 51.7 Å². The standard InChI is InChI=1S/C22H29N3O3/c1-15-19(16(2)25(24-15)18-6-4-3-5-7-18)12-22(26)23-20-14-27-11-10-21(20)28-13-17-8-9-17/h3-7,17,20-21H,8-14H2,1-2H3,(H,23,26)/t20-,21+/m1/s1. The molecule has 2 heterocycles. The number of rotatable bonds is 7. The van der Waals surface area contributed by atoms with Gasteiger partial charge in [-0.25, -0.2) is 4.68 Å². The van der Waals surface area contributed by atoms with Gasteiger partial charge in [0.05, 0.1) is 36.6 Å². The highest BCUT2D eigenvalue weighted by molar-refractivity contribution is 5.79. The van der Waals surface area contributed by atoms with E-state index in [1.807, 2.05) is 48.9 Å². The first-order valence-electron chi connectivity index (χ1n) is 10.2. The number of hydrogen-bond acceptors (Lipinski definition) is 4. The molecule has 150 valence electrons. The molecule has 2 aromatic rings. The molecular formula is C22H29N3O3. The van der Waals surface area contributed by atoms with E-state index < -0.39 is 0 Å². The van der Waals surface area contributed by atoms with Gasteiger partial charge in [0.2, 0.25) is 5.91 Å². The monoisotopic (exact) mass is 383 g/mol. The molecule has 6 heteroatoms. The molecule has 0 bridgehead atoms. The van der Waals surface area contributed by atoms with Gasteiger partial charge in [-0.2, -0.15) is 5.10 Å².